The van der Waals surface area contributed by atoms with E-state index in [0.717, 1.165) is 60.7 Å². The summed E-state index contributed by atoms with van der Waals surface area (Å²) in [5, 5.41) is 0. The fourth-order valence-electron chi connectivity index (χ4n) is 4.31. The number of unbranched alkanes of at least 4 members (excludes halogenated alkanes) is 1. The van der Waals surface area contributed by atoms with Crippen molar-refractivity contribution in [1.82, 2.24) is 0 Å². The smallest absolute Gasteiger partial charge is 0.333 e. The third-order valence-electron chi connectivity index (χ3n) is 6.65. The number of rotatable bonds is 12. The van der Waals surface area contributed by atoms with Gasteiger partial charge in [-0.3, -0.25) is 0 Å². The number of benzene rings is 2. The molecule has 0 amide bonds. The van der Waals surface area contributed by atoms with Crippen LogP contribution >= 0.6 is 0 Å². The molecule has 0 saturated carbocycles. The fourth-order valence-corrected chi connectivity index (χ4v) is 4.31. The molecule has 0 bridgehead atoms. The van der Waals surface area contributed by atoms with E-state index in [0.29, 0.717) is 37.2 Å². The van der Waals surface area contributed by atoms with Gasteiger partial charge in [0, 0.05) is 31.0 Å². The minimum atomic E-state index is -0.271. The predicted octanol–water partition coefficient (Wildman–Crippen LogP) is 6.61. The van der Waals surface area contributed by atoms with Crippen LogP contribution in [0.5, 0.6) is 5.75 Å². The lowest BCUT2D eigenvalue weighted by atomic mass is 9.99. The molecule has 1 fully saturated rings. The van der Waals surface area contributed by atoms with Gasteiger partial charge in [0.05, 0.1) is 13.2 Å². The molecule has 3 rings (SSSR count). The first kappa shape index (κ1) is 26.8. The minimum Gasteiger partial charge on any atom is -0.491 e. The van der Waals surface area contributed by atoms with Crippen LogP contribution < -0.4 is 9.64 Å². The maximum Gasteiger partial charge on any atom is 0.333 e. The topological polar surface area (TPSA) is 48.0 Å². The number of hydrogen-bond donors (Lipinski definition) is 0. The molecule has 1 heterocycles. The highest BCUT2D eigenvalue weighted by Crippen LogP contribution is 2.34. The lowest BCUT2D eigenvalue weighted by Gasteiger charge is -2.22. The molecule has 0 radical (unpaired) electrons. The van der Waals surface area contributed by atoms with Crippen molar-refractivity contribution in [2.45, 2.75) is 47.5 Å². The van der Waals surface area contributed by atoms with Crippen LogP contribution in [0.15, 0.2) is 48.0 Å². The van der Waals surface area contributed by atoms with E-state index in [-0.39, 0.29) is 5.97 Å². The quantitative estimate of drug-likeness (QED) is 0.195. The van der Waals surface area contributed by atoms with E-state index in [2.05, 4.69) is 56.0 Å². The largest absolute Gasteiger partial charge is 0.491 e. The summed E-state index contributed by atoms with van der Waals surface area (Å²) in [4.78, 5) is 14.7. The predicted molar refractivity (Wildman–Crippen MR) is 144 cm³/mol. The van der Waals surface area contributed by atoms with Gasteiger partial charge in [-0.15, -0.1) is 0 Å². The van der Waals surface area contributed by atoms with E-state index < -0.39 is 0 Å². The van der Waals surface area contributed by atoms with Crippen LogP contribution in [0.3, 0.4) is 0 Å². The molecule has 2 aromatic rings. The Labute approximate surface area is 211 Å². The number of ether oxygens (including phenoxy) is 3. The second-order valence-electron chi connectivity index (χ2n) is 9.52. The van der Waals surface area contributed by atoms with E-state index in [1.165, 1.54) is 0 Å². The summed E-state index contributed by atoms with van der Waals surface area (Å²) in [5.41, 5.74) is 5.02. The van der Waals surface area contributed by atoms with Gasteiger partial charge in [0.25, 0.3) is 0 Å². The molecular formula is C30H41NO4. The molecule has 5 heteroatoms. The summed E-state index contributed by atoms with van der Waals surface area (Å²) in [5.74, 6) is 1.85. The zero-order valence-corrected chi connectivity index (χ0v) is 22.0. The number of nitrogens with zero attached hydrogens (tertiary/aromatic N) is 1. The molecule has 0 N–H and O–H groups in total. The molecule has 1 aliphatic rings. The molecule has 1 aliphatic heterocycles. The summed E-state index contributed by atoms with van der Waals surface area (Å²) >= 11 is 0. The van der Waals surface area contributed by atoms with Crippen LogP contribution in [-0.2, 0) is 14.3 Å². The van der Waals surface area contributed by atoms with Crippen LogP contribution in [0, 0.1) is 11.8 Å². The van der Waals surface area contributed by atoms with E-state index in [9.17, 15) is 4.79 Å². The monoisotopic (exact) mass is 479 g/mol. The minimum absolute atomic E-state index is 0.271. The lowest BCUT2D eigenvalue weighted by Crippen LogP contribution is -2.20. The van der Waals surface area contributed by atoms with Gasteiger partial charge in [-0.05, 0) is 79.1 Å². The van der Waals surface area contributed by atoms with Crippen molar-refractivity contribution >= 4 is 17.7 Å². The first-order chi connectivity index (χ1) is 16.9. The Hall–Kier alpha value is -2.79. The first-order valence-electron chi connectivity index (χ1n) is 13.0. The van der Waals surface area contributed by atoms with Crippen molar-refractivity contribution in [3.8, 4) is 16.9 Å². The zero-order chi connectivity index (χ0) is 25.2. The van der Waals surface area contributed by atoms with Crippen molar-refractivity contribution in [2.75, 3.05) is 44.4 Å². The molecule has 190 valence electrons. The van der Waals surface area contributed by atoms with Gasteiger partial charge >= 0.3 is 5.97 Å². The summed E-state index contributed by atoms with van der Waals surface area (Å²) in [6, 6.07) is 14.7. The fraction of sp³-hybridized carbons (Fsp3) is 0.500. The maximum atomic E-state index is 12.3. The van der Waals surface area contributed by atoms with Gasteiger partial charge in [-0.2, -0.15) is 0 Å². The van der Waals surface area contributed by atoms with E-state index in [4.69, 9.17) is 14.2 Å². The molecule has 35 heavy (non-hydrogen) atoms. The van der Waals surface area contributed by atoms with Gasteiger partial charge in [0.15, 0.2) is 0 Å². The van der Waals surface area contributed by atoms with Crippen molar-refractivity contribution in [2.24, 2.45) is 11.8 Å². The summed E-state index contributed by atoms with van der Waals surface area (Å²) in [6.45, 7) is 14.8. The molecule has 0 spiro atoms. The third-order valence-corrected chi connectivity index (χ3v) is 6.65. The average Bonchev–Trinajstić information content (AvgIpc) is 3.19. The number of carbonyl (C=O) groups excluding carboxylic acids is 1. The number of esters is 1. The molecule has 5 nitrogen and oxygen atoms in total. The van der Waals surface area contributed by atoms with Crippen LogP contribution in [-0.4, -0.2) is 45.5 Å². The lowest BCUT2D eigenvalue weighted by molar-refractivity contribution is -0.138. The van der Waals surface area contributed by atoms with Crippen LogP contribution in [0.2, 0.25) is 0 Å². The van der Waals surface area contributed by atoms with Crippen molar-refractivity contribution in [3.05, 3.63) is 53.6 Å². The molecule has 2 atom stereocenters. The van der Waals surface area contributed by atoms with Gasteiger partial charge in [-0.25, -0.2) is 4.79 Å². The van der Waals surface area contributed by atoms with Gasteiger partial charge in [0.2, 0.25) is 0 Å². The van der Waals surface area contributed by atoms with Crippen LogP contribution in [0.4, 0.5) is 5.69 Å². The Morgan fingerprint density at radius 3 is 2.31 bits per heavy atom. The molecule has 1 saturated heterocycles. The van der Waals surface area contributed by atoms with Gasteiger partial charge in [0.1, 0.15) is 12.4 Å². The average molecular weight is 480 g/mol. The Kier molecular flexibility index (Phi) is 10.2. The molecule has 2 unspecified atom stereocenters. The Balaban J connectivity index is 1.78. The van der Waals surface area contributed by atoms with Crippen molar-refractivity contribution < 1.29 is 19.0 Å². The highest BCUT2D eigenvalue weighted by atomic mass is 16.5. The Bertz CT molecular complexity index is 972. The SMILES string of the molecule is CCCCOCCOc1ccc(-c2ccc(N3CC(C)C(C)C3)c(C=C(C)C(=O)OCC)c2)cc1. The highest BCUT2D eigenvalue weighted by Gasteiger charge is 2.27. The third kappa shape index (κ3) is 7.60. The zero-order valence-electron chi connectivity index (χ0n) is 22.0. The number of anilines is 1. The molecular weight excluding hydrogens is 438 g/mol. The Morgan fingerprint density at radius 2 is 1.66 bits per heavy atom. The number of carbonyl (C=O) groups is 1. The highest BCUT2D eigenvalue weighted by molar-refractivity contribution is 5.94. The van der Waals surface area contributed by atoms with Gasteiger partial charge < -0.3 is 19.1 Å². The van der Waals surface area contributed by atoms with Gasteiger partial charge in [-0.1, -0.05) is 45.4 Å². The molecule has 0 aliphatic carbocycles. The van der Waals surface area contributed by atoms with Crippen molar-refractivity contribution in [1.29, 1.82) is 0 Å². The second kappa shape index (κ2) is 13.3. The van der Waals surface area contributed by atoms with E-state index >= 15 is 0 Å². The summed E-state index contributed by atoms with van der Waals surface area (Å²) in [7, 11) is 0. The standard InChI is InChI=1S/C30H41NO4/c1-6-8-15-33-16-17-35-28-12-9-25(10-13-28)26-11-14-29(31-20-23(4)24(5)21-31)27(19-26)18-22(3)30(32)34-7-2/h9-14,18-19,23-24H,6-8,15-17,20-21H2,1-5H3. The van der Waals surface area contributed by atoms with E-state index in [1.807, 2.05) is 32.1 Å². The van der Waals surface area contributed by atoms with Crippen LogP contribution in [0.25, 0.3) is 17.2 Å². The molecule has 0 aromatic heterocycles. The van der Waals surface area contributed by atoms with Crippen LogP contribution in [0.1, 0.15) is 53.0 Å². The summed E-state index contributed by atoms with van der Waals surface area (Å²) in [6.07, 6.45) is 4.18. The summed E-state index contributed by atoms with van der Waals surface area (Å²) < 4.78 is 16.6. The molecule has 2 aromatic carbocycles. The Morgan fingerprint density at radius 1 is 0.971 bits per heavy atom. The number of hydrogen-bond acceptors (Lipinski definition) is 5. The normalized spacial score (nSPS) is 18.1. The first-order valence-corrected chi connectivity index (χ1v) is 13.0. The second-order valence-corrected chi connectivity index (χ2v) is 9.52. The van der Waals surface area contributed by atoms with Crippen molar-refractivity contribution in [3.63, 3.8) is 0 Å². The maximum absolute atomic E-state index is 12.3. The van der Waals surface area contributed by atoms with E-state index in [1.54, 1.807) is 0 Å².